The van der Waals surface area contributed by atoms with E-state index < -0.39 is 0 Å². The zero-order chi connectivity index (χ0) is 18.9. The summed E-state index contributed by atoms with van der Waals surface area (Å²) in [4.78, 5) is 25.8. The number of furan rings is 1. The molecule has 0 N–H and O–H groups in total. The third-order valence-corrected chi connectivity index (χ3v) is 5.13. The number of rotatable bonds is 5. The van der Waals surface area contributed by atoms with Crippen LogP contribution in [0.5, 0.6) is 0 Å². The highest BCUT2D eigenvalue weighted by atomic mass is 32.2. The molecule has 0 atom stereocenters. The minimum atomic E-state index is -0.106. The van der Waals surface area contributed by atoms with Crippen molar-refractivity contribution in [2.24, 2.45) is 0 Å². The predicted octanol–water partition coefficient (Wildman–Crippen LogP) is 3.91. The fourth-order valence-corrected chi connectivity index (χ4v) is 3.69. The van der Waals surface area contributed by atoms with Crippen LogP contribution in [-0.2, 0) is 0 Å². The van der Waals surface area contributed by atoms with Crippen LogP contribution in [0.2, 0.25) is 0 Å². The van der Waals surface area contributed by atoms with E-state index in [1.165, 1.54) is 18.0 Å². The smallest absolute Gasteiger partial charge is 0.208 e. The number of Topliss-reactive ketones (excluding diaryl/α,β-unsaturated/α-hetero) is 1. The van der Waals surface area contributed by atoms with Gasteiger partial charge in [0.25, 0.3) is 0 Å². The van der Waals surface area contributed by atoms with Crippen molar-refractivity contribution < 1.29 is 9.21 Å². The van der Waals surface area contributed by atoms with E-state index in [1.54, 1.807) is 29.0 Å². The number of ketones is 1. The quantitative estimate of drug-likeness (QED) is 0.257. The van der Waals surface area contributed by atoms with Gasteiger partial charge in [-0.3, -0.25) is 9.78 Å². The number of hydrogen-bond donors (Lipinski definition) is 0. The molecule has 0 amide bonds. The van der Waals surface area contributed by atoms with Gasteiger partial charge in [-0.1, -0.05) is 23.9 Å². The Balaban J connectivity index is 1.60. The van der Waals surface area contributed by atoms with Crippen LogP contribution in [0.15, 0.2) is 76.8 Å². The Morgan fingerprint density at radius 3 is 2.82 bits per heavy atom. The molecular weight excluding hydrogens is 374 g/mol. The Hall–Kier alpha value is -3.52. The predicted molar refractivity (Wildman–Crippen MR) is 105 cm³/mol. The van der Waals surface area contributed by atoms with Gasteiger partial charge in [-0.15, -0.1) is 5.10 Å². The molecule has 0 aliphatic carbocycles. The molecule has 7 nitrogen and oxygen atoms in total. The molecule has 4 aromatic heterocycles. The molecule has 0 aliphatic heterocycles. The zero-order valence-electron chi connectivity index (χ0n) is 14.5. The average Bonchev–Trinajstić information content (AvgIpc) is 3.43. The first-order chi connectivity index (χ1) is 13.8. The number of aromatic nitrogens is 5. The number of carbonyl (C=O) groups is 1. The van der Waals surface area contributed by atoms with E-state index in [9.17, 15) is 4.79 Å². The maximum atomic E-state index is 12.3. The minimum Gasteiger partial charge on any atom is -0.461 e. The maximum Gasteiger partial charge on any atom is 0.208 e. The van der Waals surface area contributed by atoms with Crippen LogP contribution >= 0.6 is 11.8 Å². The number of nitrogens with zero attached hydrogens (tertiary/aromatic N) is 5. The highest BCUT2D eigenvalue weighted by Gasteiger charge is 2.17. The van der Waals surface area contributed by atoms with Crippen molar-refractivity contribution in [3.63, 3.8) is 0 Å². The molecule has 0 spiro atoms. The van der Waals surface area contributed by atoms with Crippen LogP contribution in [0.25, 0.3) is 27.9 Å². The van der Waals surface area contributed by atoms with Crippen molar-refractivity contribution >= 4 is 34.1 Å². The van der Waals surface area contributed by atoms with Crippen molar-refractivity contribution in [3.8, 4) is 11.4 Å². The summed E-state index contributed by atoms with van der Waals surface area (Å²) in [5, 5.41) is 6.11. The molecule has 0 radical (unpaired) electrons. The number of carbonyl (C=O) groups excluding carboxylic acids is 1. The Kier molecular flexibility index (Phi) is 4.10. The van der Waals surface area contributed by atoms with Gasteiger partial charge in [-0.2, -0.15) is 4.52 Å². The molecule has 4 heterocycles. The lowest BCUT2D eigenvalue weighted by molar-refractivity contribution is 0.0992. The fourth-order valence-electron chi connectivity index (χ4n) is 2.88. The number of fused-ring (bicyclic) bond motifs is 3. The van der Waals surface area contributed by atoms with Gasteiger partial charge >= 0.3 is 0 Å². The van der Waals surface area contributed by atoms with Crippen molar-refractivity contribution in [2.45, 2.75) is 5.16 Å². The molecule has 0 aliphatic rings. The fraction of sp³-hybridized carbons (Fsp3) is 0.0500. The van der Waals surface area contributed by atoms with Crippen LogP contribution in [0.3, 0.4) is 0 Å². The van der Waals surface area contributed by atoms with Gasteiger partial charge < -0.3 is 4.42 Å². The Morgan fingerprint density at radius 1 is 1.07 bits per heavy atom. The monoisotopic (exact) mass is 387 g/mol. The third kappa shape index (κ3) is 2.93. The SMILES string of the molecule is O=C(CSc1nc2ccccc2c2nc(-c3cccnc3)nn12)c1ccco1. The molecule has 8 heteroatoms. The number of thioether (sulfide) groups is 1. The van der Waals surface area contributed by atoms with Gasteiger partial charge in [0.05, 0.1) is 17.5 Å². The highest BCUT2D eigenvalue weighted by molar-refractivity contribution is 7.99. The van der Waals surface area contributed by atoms with Gasteiger partial charge in [0, 0.05) is 23.3 Å². The van der Waals surface area contributed by atoms with Crippen LogP contribution in [0, 0.1) is 0 Å². The van der Waals surface area contributed by atoms with E-state index in [1.807, 2.05) is 36.4 Å². The number of benzene rings is 1. The van der Waals surface area contributed by atoms with E-state index in [2.05, 4.69) is 15.1 Å². The summed E-state index contributed by atoms with van der Waals surface area (Å²) >= 11 is 1.30. The molecule has 5 rings (SSSR count). The second kappa shape index (κ2) is 6.90. The van der Waals surface area contributed by atoms with Crippen molar-refractivity contribution in [1.82, 2.24) is 24.6 Å². The summed E-state index contributed by atoms with van der Waals surface area (Å²) in [6.45, 7) is 0. The lowest BCUT2D eigenvalue weighted by Gasteiger charge is -2.05. The summed E-state index contributed by atoms with van der Waals surface area (Å²) in [6, 6.07) is 14.8. The molecule has 5 aromatic rings. The van der Waals surface area contributed by atoms with Gasteiger partial charge in [-0.25, -0.2) is 9.97 Å². The summed E-state index contributed by atoms with van der Waals surface area (Å²) in [7, 11) is 0. The van der Waals surface area contributed by atoms with E-state index >= 15 is 0 Å². The van der Waals surface area contributed by atoms with Gasteiger partial charge in [0.1, 0.15) is 0 Å². The van der Waals surface area contributed by atoms with E-state index in [0.717, 1.165) is 16.5 Å². The Bertz CT molecular complexity index is 1280. The second-order valence-corrected chi connectivity index (χ2v) is 6.96. The summed E-state index contributed by atoms with van der Waals surface area (Å²) in [6.07, 6.45) is 4.91. The first kappa shape index (κ1) is 16.6. The van der Waals surface area contributed by atoms with E-state index in [4.69, 9.17) is 9.40 Å². The molecule has 0 saturated heterocycles. The lowest BCUT2D eigenvalue weighted by Crippen LogP contribution is -2.04. The molecule has 0 fully saturated rings. The van der Waals surface area contributed by atoms with Gasteiger partial charge in [0.2, 0.25) is 5.78 Å². The normalized spacial score (nSPS) is 11.3. The van der Waals surface area contributed by atoms with Gasteiger partial charge in [0.15, 0.2) is 22.4 Å². The standard InChI is InChI=1S/C20H13N5O2S/c26-16(17-8-4-10-27-17)12-28-20-22-15-7-2-1-6-14(15)19-23-18(24-25(19)20)13-5-3-9-21-11-13/h1-11H,12H2. The van der Waals surface area contributed by atoms with Gasteiger partial charge in [-0.05, 0) is 36.4 Å². The second-order valence-electron chi connectivity index (χ2n) is 6.01. The number of para-hydroxylation sites is 1. The van der Waals surface area contributed by atoms with Crippen LogP contribution in [0.1, 0.15) is 10.6 Å². The summed E-state index contributed by atoms with van der Waals surface area (Å²) in [5.74, 6) is 0.978. The van der Waals surface area contributed by atoms with Crippen molar-refractivity contribution in [1.29, 1.82) is 0 Å². The molecule has 0 bridgehead atoms. The van der Waals surface area contributed by atoms with Crippen LogP contribution < -0.4 is 0 Å². The molecular formula is C20H13N5O2S. The van der Waals surface area contributed by atoms with E-state index in [0.29, 0.717) is 22.4 Å². The van der Waals surface area contributed by atoms with Crippen LogP contribution in [0.4, 0.5) is 0 Å². The molecule has 1 aromatic carbocycles. The Morgan fingerprint density at radius 2 is 2.00 bits per heavy atom. The highest BCUT2D eigenvalue weighted by Crippen LogP contribution is 2.26. The molecule has 0 unspecified atom stereocenters. The first-order valence-electron chi connectivity index (χ1n) is 8.55. The minimum absolute atomic E-state index is 0.106. The molecule has 0 saturated carbocycles. The van der Waals surface area contributed by atoms with Crippen molar-refractivity contribution in [2.75, 3.05) is 5.75 Å². The molecule has 28 heavy (non-hydrogen) atoms. The first-order valence-corrected chi connectivity index (χ1v) is 9.53. The number of pyridine rings is 1. The summed E-state index contributed by atoms with van der Waals surface area (Å²) in [5.41, 5.74) is 2.31. The summed E-state index contributed by atoms with van der Waals surface area (Å²) < 4.78 is 6.86. The van der Waals surface area contributed by atoms with Crippen molar-refractivity contribution in [3.05, 3.63) is 72.9 Å². The largest absolute Gasteiger partial charge is 0.461 e. The Labute approximate surface area is 163 Å². The third-order valence-electron chi connectivity index (χ3n) is 4.20. The zero-order valence-corrected chi connectivity index (χ0v) is 15.3. The maximum absolute atomic E-state index is 12.3. The average molecular weight is 387 g/mol. The van der Waals surface area contributed by atoms with Crippen LogP contribution in [-0.4, -0.2) is 36.1 Å². The lowest BCUT2D eigenvalue weighted by atomic mass is 10.2. The topological polar surface area (TPSA) is 86.2 Å². The number of hydrogen-bond acceptors (Lipinski definition) is 7. The molecule has 136 valence electrons. The van der Waals surface area contributed by atoms with E-state index in [-0.39, 0.29) is 11.5 Å².